The van der Waals surface area contributed by atoms with Crippen molar-refractivity contribution in [3.05, 3.63) is 40.4 Å². The number of hydrogen-bond acceptors (Lipinski definition) is 5. The lowest BCUT2D eigenvalue weighted by Crippen LogP contribution is -2.29. The van der Waals surface area contributed by atoms with Crippen LogP contribution in [0.25, 0.3) is 0 Å². The fourth-order valence-corrected chi connectivity index (χ4v) is 3.06. The van der Waals surface area contributed by atoms with Gasteiger partial charge in [-0.05, 0) is 24.1 Å². The highest BCUT2D eigenvalue weighted by atomic mass is 32.1. The van der Waals surface area contributed by atoms with E-state index in [4.69, 9.17) is 5.73 Å². The number of nitrogen functional groups attached to an aromatic ring is 1. The van der Waals surface area contributed by atoms with Gasteiger partial charge in [-0.2, -0.15) is 0 Å². The number of nitrogens with two attached hydrogens (primary N) is 1. The van der Waals surface area contributed by atoms with Crippen LogP contribution in [0.5, 0.6) is 0 Å². The highest BCUT2D eigenvalue weighted by molar-refractivity contribution is 7.14. The predicted octanol–water partition coefficient (Wildman–Crippen LogP) is 2.65. The molecule has 1 aliphatic heterocycles. The van der Waals surface area contributed by atoms with Crippen molar-refractivity contribution in [2.45, 2.75) is 19.8 Å². The summed E-state index contributed by atoms with van der Waals surface area (Å²) in [4.78, 5) is 30.2. The molecule has 0 saturated heterocycles. The van der Waals surface area contributed by atoms with Gasteiger partial charge in [0.25, 0.3) is 11.8 Å². The number of nitrogens with zero attached hydrogens (tertiary/aromatic N) is 2. The zero-order valence-electron chi connectivity index (χ0n) is 11.1. The Morgan fingerprint density at radius 1 is 1.20 bits per heavy atom. The van der Waals surface area contributed by atoms with Gasteiger partial charge < -0.3 is 5.73 Å². The van der Waals surface area contributed by atoms with Crippen molar-refractivity contribution in [1.82, 2.24) is 4.98 Å². The molecule has 2 heterocycles. The third kappa shape index (κ3) is 1.80. The van der Waals surface area contributed by atoms with Crippen LogP contribution in [0.3, 0.4) is 0 Å². The topological polar surface area (TPSA) is 76.3 Å². The Morgan fingerprint density at radius 2 is 1.90 bits per heavy atom. The average molecular weight is 287 g/mol. The SMILES string of the molecule is CC(C)c1csc(N2C(=O)c3ccc(N)cc3C2=O)n1. The summed E-state index contributed by atoms with van der Waals surface area (Å²) in [7, 11) is 0. The molecule has 0 aliphatic carbocycles. The van der Waals surface area contributed by atoms with E-state index in [1.54, 1.807) is 12.1 Å². The van der Waals surface area contributed by atoms with Crippen LogP contribution in [-0.4, -0.2) is 16.8 Å². The van der Waals surface area contributed by atoms with Gasteiger partial charge in [-0.3, -0.25) is 9.59 Å². The van der Waals surface area contributed by atoms with Crippen molar-refractivity contribution < 1.29 is 9.59 Å². The molecule has 5 nitrogen and oxygen atoms in total. The van der Waals surface area contributed by atoms with E-state index in [9.17, 15) is 9.59 Å². The smallest absolute Gasteiger partial charge is 0.268 e. The summed E-state index contributed by atoms with van der Waals surface area (Å²) in [6.45, 7) is 4.03. The van der Waals surface area contributed by atoms with Gasteiger partial charge in [-0.25, -0.2) is 9.88 Å². The van der Waals surface area contributed by atoms with E-state index in [-0.39, 0.29) is 17.7 Å². The molecule has 102 valence electrons. The summed E-state index contributed by atoms with van der Waals surface area (Å²) in [5.41, 5.74) is 7.74. The van der Waals surface area contributed by atoms with Crippen LogP contribution >= 0.6 is 11.3 Å². The molecule has 0 unspecified atom stereocenters. The van der Waals surface area contributed by atoms with E-state index in [1.807, 2.05) is 19.2 Å². The molecule has 0 fully saturated rings. The molecule has 2 aromatic rings. The average Bonchev–Trinajstić information content (AvgIpc) is 2.95. The molecule has 0 atom stereocenters. The van der Waals surface area contributed by atoms with E-state index in [0.29, 0.717) is 21.9 Å². The molecule has 2 N–H and O–H groups in total. The number of fused-ring (bicyclic) bond motifs is 1. The van der Waals surface area contributed by atoms with E-state index in [2.05, 4.69) is 4.98 Å². The van der Waals surface area contributed by atoms with Crippen LogP contribution in [0.2, 0.25) is 0 Å². The maximum atomic E-state index is 12.4. The predicted molar refractivity (Wildman–Crippen MR) is 78.2 cm³/mol. The molecular formula is C14H13N3O2S. The van der Waals surface area contributed by atoms with Crippen molar-refractivity contribution in [2.24, 2.45) is 0 Å². The molecule has 0 bridgehead atoms. The first kappa shape index (κ1) is 12.8. The summed E-state index contributed by atoms with van der Waals surface area (Å²) < 4.78 is 0. The number of amides is 2. The first-order valence-corrected chi connectivity index (χ1v) is 7.10. The van der Waals surface area contributed by atoms with Gasteiger partial charge in [0.15, 0.2) is 5.13 Å². The number of benzene rings is 1. The number of carbonyl (C=O) groups is 2. The van der Waals surface area contributed by atoms with E-state index in [0.717, 1.165) is 10.6 Å². The van der Waals surface area contributed by atoms with Crippen molar-refractivity contribution in [2.75, 3.05) is 10.6 Å². The standard InChI is InChI=1S/C14H13N3O2S/c1-7(2)11-6-20-14(16-11)17-12(18)9-4-3-8(15)5-10(9)13(17)19/h3-7H,15H2,1-2H3. The van der Waals surface area contributed by atoms with Crippen LogP contribution in [0.1, 0.15) is 46.2 Å². The number of anilines is 2. The number of carbonyl (C=O) groups excluding carboxylic acids is 2. The minimum absolute atomic E-state index is 0.255. The van der Waals surface area contributed by atoms with Crippen LogP contribution in [0, 0.1) is 0 Å². The fourth-order valence-electron chi connectivity index (χ4n) is 2.08. The Morgan fingerprint density at radius 3 is 2.55 bits per heavy atom. The van der Waals surface area contributed by atoms with Gasteiger partial charge >= 0.3 is 0 Å². The largest absolute Gasteiger partial charge is 0.399 e. The summed E-state index contributed by atoms with van der Waals surface area (Å²) >= 11 is 1.30. The first-order valence-electron chi connectivity index (χ1n) is 6.22. The van der Waals surface area contributed by atoms with Crippen molar-refractivity contribution in [3.8, 4) is 0 Å². The van der Waals surface area contributed by atoms with Gasteiger partial charge in [-0.15, -0.1) is 11.3 Å². The van der Waals surface area contributed by atoms with Crippen molar-refractivity contribution in [1.29, 1.82) is 0 Å². The number of imide groups is 1. The molecule has 1 aliphatic rings. The van der Waals surface area contributed by atoms with Crippen LogP contribution in [0.4, 0.5) is 10.8 Å². The lowest BCUT2D eigenvalue weighted by atomic mass is 10.1. The van der Waals surface area contributed by atoms with Gasteiger partial charge in [-0.1, -0.05) is 13.8 Å². The number of aromatic nitrogens is 1. The lowest BCUT2D eigenvalue weighted by molar-refractivity contribution is 0.0926. The molecule has 3 rings (SSSR count). The third-order valence-electron chi connectivity index (χ3n) is 3.20. The molecule has 2 amide bonds. The van der Waals surface area contributed by atoms with Gasteiger partial charge in [0, 0.05) is 11.1 Å². The van der Waals surface area contributed by atoms with Gasteiger partial charge in [0.1, 0.15) is 0 Å². The summed E-state index contributed by atoms with van der Waals surface area (Å²) in [6.07, 6.45) is 0. The number of hydrogen-bond donors (Lipinski definition) is 1. The van der Waals surface area contributed by atoms with Gasteiger partial charge in [0.05, 0.1) is 16.8 Å². The first-order chi connectivity index (χ1) is 9.49. The highest BCUT2D eigenvalue weighted by Crippen LogP contribution is 2.32. The Labute approximate surface area is 120 Å². The number of rotatable bonds is 2. The minimum atomic E-state index is -0.359. The van der Waals surface area contributed by atoms with E-state index in [1.165, 1.54) is 17.4 Å². The third-order valence-corrected chi connectivity index (χ3v) is 4.05. The molecule has 0 spiro atoms. The molecule has 6 heteroatoms. The maximum absolute atomic E-state index is 12.4. The fraction of sp³-hybridized carbons (Fsp3) is 0.214. The monoisotopic (exact) mass is 287 g/mol. The van der Waals surface area contributed by atoms with Gasteiger partial charge in [0.2, 0.25) is 0 Å². The summed E-state index contributed by atoms with van der Waals surface area (Å²) in [5.74, 6) is -0.442. The van der Waals surface area contributed by atoms with Crippen LogP contribution < -0.4 is 10.6 Å². The van der Waals surface area contributed by atoms with Crippen molar-refractivity contribution >= 4 is 34.0 Å². The number of thiazole rings is 1. The van der Waals surface area contributed by atoms with Crippen LogP contribution in [0.15, 0.2) is 23.6 Å². The molecular weight excluding hydrogens is 274 g/mol. The second-order valence-electron chi connectivity index (χ2n) is 4.96. The summed E-state index contributed by atoms with van der Waals surface area (Å²) in [6, 6.07) is 4.74. The Hall–Kier alpha value is -2.21. The molecule has 1 aromatic carbocycles. The lowest BCUT2D eigenvalue weighted by Gasteiger charge is -2.09. The second kappa shape index (κ2) is 4.42. The highest BCUT2D eigenvalue weighted by Gasteiger charge is 2.38. The summed E-state index contributed by atoms with van der Waals surface area (Å²) in [5, 5.41) is 2.29. The zero-order valence-corrected chi connectivity index (χ0v) is 11.9. The Kier molecular flexibility index (Phi) is 2.83. The molecule has 0 radical (unpaired) electrons. The Balaban J connectivity index is 2.04. The van der Waals surface area contributed by atoms with E-state index < -0.39 is 0 Å². The minimum Gasteiger partial charge on any atom is -0.399 e. The Bertz CT molecular complexity index is 721. The second-order valence-corrected chi connectivity index (χ2v) is 5.80. The van der Waals surface area contributed by atoms with Crippen LogP contribution in [-0.2, 0) is 0 Å². The quantitative estimate of drug-likeness (QED) is 0.680. The molecule has 1 aromatic heterocycles. The van der Waals surface area contributed by atoms with E-state index >= 15 is 0 Å². The zero-order chi connectivity index (χ0) is 14.4. The maximum Gasteiger partial charge on any atom is 0.268 e. The molecule has 0 saturated carbocycles. The van der Waals surface area contributed by atoms with Crippen molar-refractivity contribution in [3.63, 3.8) is 0 Å². The normalized spacial score (nSPS) is 14.2. The molecule has 20 heavy (non-hydrogen) atoms.